The fourth-order valence-corrected chi connectivity index (χ4v) is 2.01. The van der Waals surface area contributed by atoms with Gasteiger partial charge in [-0.25, -0.2) is 0 Å². The number of benzene rings is 1. The van der Waals surface area contributed by atoms with E-state index in [1.807, 2.05) is 6.07 Å². The van der Waals surface area contributed by atoms with Gasteiger partial charge in [-0.15, -0.1) is 0 Å². The smallest absolute Gasteiger partial charge is 0.387 e. The fourth-order valence-electron chi connectivity index (χ4n) is 0.876. The maximum atomic E-state index is 12.0. The molecule has 1 nitrogen and oxygen atoms in total. The first kappa shape index (κ1) is 12.4. The molecule has 0 unspecified atom stereocenters. The van der Waals surface area contributed by atoms with Crippen molar-refractivity contribution >= 4 is 47.8 Å². The molecule has 0 spiro atoms. The molecule has 1 rings (SSSR count). The van der Waals surface area contributed by atoms with Crippen molar-refractivity contribution in [2.45, 2.75) is 11.9 Å². The Bertz CT molecular complexity index is 331. The molecule has 0 aliphatic carbocycles. The molecule has 0 aliphatic rings. The van der Waals surface area contributed by atoms with E-state index in [1.54, 1.807) is 6.07 Å². The third-order valence-electron chi connectivity index (χ3n) is 1.42. The minimum Gasteiger partial charge on any atom is -0.434 e. The molecule has 0 atom stereocenters. The average molecular weight is 395 g/mol. The second kappa shape index (κ2) is 5.42. The van der Waals surface area contributed by atoms with Gasteiger partial charge in [0, 0.05) is 9.80 Å². The molecule has 0 saturated carbocycles. The zero-order valence-corrected chi connectivity index (χ0v) is 11.5. The van der Waals surface area contributed by atoms with Crippen LogP contribution in [-0.4, -0.2) is 6.61 Å². The van der Waals surface area contributed by atoms with E-state index < -0.39 is 6.61 Å². The number of hydrogen-bond donors (Lipinski definition) is 0. The van der Waals surface area contributed by atoms with Crippen LogP contribution in [0.15, 0.2) is 21.1 Å². The Balaban J connectivity index is 3.07. The van der Waals surface area contributed by atoms with Gasteiger partial charge in [-0.2, -0.15) is 8.78 Å². The molecule has 78 valence electrons. The SMILES string of the molecule is FC(F)Oc1cc(CBr)cc(Br)c1Br. The van der Waals surface area contributed by atoms with Gasteiger partial charge in [0.2, 0.25) is 0 Å². The van der Waals surface area contributed by atoms with Crippen LogP contribution in [0.1, 0.15) is 5.56 Å². The summed E-state index contributed by atoms with van der Waals surface area (Å²) < 4.78 is 29.5. The number of alkyl halides is 3. The van der Waals surface area contributed by atoms with Crippen LogP contribution in [0.4, 0.5) is 8.78 Å². The Labute approximate surface area is 105 Å². The van der Waals surface area contributed by atoms with Crippen LogP contribution >= 0.6 is 47.8 Å². The second-order valence-corrected chi connectivity index (χ2v) is 4.61. The molecule has 14 heavy (non-hydrogen) atoms. The summed E-state index contributed by atoms with van der Waals surface area (Å²) in [6.45, 7) is -2.82. The standard InChI is InChI=1S/C8H5Br3F2O/c9-3-4-1-5(10)7(11)6(2-4)14-8(12)13/h1-2,8H,3H2. The third kappa shape index (κ3) is 3.17. The van der Waals surface area contributed by atoms with Gasteiger partial charge in [-0.3, -0.25) is 0 Å². The summed E-state index contributed by atoms with van der Waals surface area (Å²) in [5.74, 6) is 0.129. The molecule has 0 radical (unpaired) electrons. The highest BCUT2D eigenvalue weighted by Gasteiger charge is 2.11. The van der Waals surface area contributed by atoms with E-state index in [0.29, 0.717) is 14.3 Å². The number of halogens is 5. The van der Waals surface area contributed by atoms with Crippen LogP contribution in [-0.2, 0) is 5.33 Å². The molecule has 1 aromatic rings. The molecular weight excluding hydrogens is 390 g/mol. The van der Waals surface area contributed by atoms with Crippen LogP contribution in [0.3, 0.4) is 0 Å². The van der Waals surface area contributed by atoms with Crippen LogP contribution in [0.2, 0.25) is 0 Å². The maximum Gasteiger partial charge on any atom is 0.387 e. The Morgan fingerprint density at radius 1 is 1.29 bits per heavy atom. The van der Waals surface area contributed by atoms with Crippen molar-refractivity contribution in [3.63, 3.8) is 0 Å². The van der Waals surface area contributed by atoms with Crippen molar-refractivity contribution in [2.24, 2.45) is 0 Å². The lowest BCUT2D eigenvalue weighted by molar-refractivity contribution is -0.0504. The van der Waals surface area contributed by atoms with Crippen molar-refractivity contribution in [1.82, 2.24) is 0 Å². The van der Waals surface area contributed by atoms with E-state index in [2.05, 4.69) is 52.5 Å². The molecule has 0 saturated heterocycles. The predicted octanol–water partition coefficient (Wildman–Crippen LogP) is 4.71. The Morgan fingerprint density at radius 2 is 1.93 bits per heavy atom. The summed E-state index contributed by atoms with van der Waals surface area (Å²) in [4.78, 5) is 0. The zero-order chi connectivity index (χ0) is 10.7. The third-order valence-corrected chi connectivity index (χ3v) is 4.05. The van der Waals surface area contributed by atoms with Gasteiger partial charge in [-0.1, -0.05) is 15.9 Å². The molecule has 6 heteroatoms. The zero-order valence-electron chi connectivity index (χ0n) is 6.74. The summed E-state index contributed by atoms with van der Waals surface area (Å²) in [6, 6.07) is 3.37. The van der Waals surface area contributed by atoms with E-state index in [9.17, 15) is 8.78 Å². The number of rotatable bonds is 3. The fraction of sp³-hybridized carbons (Fsp3) is 0.250. The van der Waals surface area contributed by atoms with Crippen LogP contribution in [0, 0.1) is 0 Å². The van der Waals surface area contributed by atoms with Crippen LogP contribution in [0.25, 0.3) is 0 Å². The summed E-state index contributed by atoms with van der Waals surface area (Å²) in [5.41, 5.74) is 0.857. The first-order valence-electron chi connectivity index (χ1n) is 3.53. The predicted molar refractivity (Wildman–Crippen MR) is 61.1 cm³/mol. The molecular formula is C8H5Br3F2O. The largest absolute Gasteiger partial charge is 0.434 e. The van der Waals surface area contributed by atoms with E-state index in [-0.39, 0.29) is 5.75 Å². The maximum absolute atomic E-state index is 12.0. The Morgan fingerprint density at radius 3 is 2.43 bits per heavy atom. The monoisotopic (exact) mass is 392 g/mol. The Kier molecular flexibility index (Phi) is 4.79. The number of hydrogen-bond acceptors (Lipinski definition) is 1. The van der Waals surface area contributed by atoms with Gasteiger partial charge in [0.1, 0.15) is 5.75 Å². The minimum atomic E-state index is -2.82. The molecule has 0 N–H and O–H groups in total. The molecule has 0 fully saturated rings. The molecule has 0 amide bonds. The summed E-state index contributed by atoms with van der Waals surface area (Å²) in [7, 11) is 0. The van der Waals surface area contributed by atoms with Crippen molar-refractivity contribution in [3.8, 4) is 5.75 Å². The normalized spacial score (nSPS) is 10.7. The first-order chi connectivity index (χ1) is 6.54. The van der Waals surface area contributed by atoms with Crippen molar-refractivity contribution in [3.05, 3.63) is 26.6 Å². The minimum absolute atomic E-state index is 0.129. The lowest BCUT2D eigenvalue weighted by Crippen LogP contribution is -2.03. The molecule has 0 heterocycles. The van der Waals surface area contributed by atoms with Gasteiger partial charge in [-0.05, 0) is 49.6 Å². The molecule has 0 aromatic heterocycles. The van der Waals surface area contributed by atoms with Crippen molar-refractivity contribution in [1.29, 1.82) is 0 Å². The van der Waals surface area contributed by atoms with Crippen molar-refractivity contribution < 1.29 is 13.5 Å². The van der Waals surface area contributed by atoms with Gasteiger partial charge in [0.25, 0.3) is 0 Å². The van der Waals surface area contributed by atoms with Crippen molar-refractivity contribution in [2.75, 3.05) is 0 Å². The topological polar surface area (TPSA) is 9.23 Å². The quantitative estimate of drug-likeness (QED) is 0.675. The molecule has 0 aliphatic heterocycles. The van der Waals surface area contributed by atoms with E-state index in [1.165, 1.54) is 0 Å². The summed E-state index contributed by atoms with van der Waals surface area (Å²) in [5, 5.41) is 0.582. The van der Waals surface area contributed by atoms with E-state index in [4.69, 9.17) is 0 Å². The average Bonchev–Trinajstić information content (AvgIpc) is 2.11. The molecule has 0 bridgehead atoms. The highest BCUT2D eigenvalue weighted by molar-refractivity contribution is 9.13. The number of ether oxygens (including phenoxy) is 1. The van der Waals surface area contributed by atoms with Crippen LogP contribution < -0.4 is 4.74 Å². The second-order valence-electron chi connectivity index (χ2n) is 2.40. The highest BCUT2D eigenvalue weighted by Crippen LogP contribution is 2.35. The lowest BCUT2D eigenvalue weighted by atomic mass is 10.2. The highest BCUT2D eigenvalue weighted by atomic mass is 79.9. The molecule has 1 aromatic carbocycles. The van der Waals surface area contributed by atoms with Gasteiger partial charge in [0.05, 0.1) is 4.47 Å². The first-order valence-corrected chi connectivity index (χ1v) is 6.24. The van der Waals surface area contributed by atoms with Gasteiger partial charge >= 0.3 is 6.61 Å². The van der Waals surface area contributed by atoms with Gasteiger partial charge < -0.3 is 4.74 Å². The van der Waals surface area contributed by atoms with E-state index in [0.717, 1.165) is 5.56 Å². The van der Waals surface area contributed by atoms with Crippen LogP contribution in [0.5, 0.6) is 5.75 Å². The summed E-state index contributed by atoms with van der Waals surface area (Å²) >= 11 is 9.62. The lowest BCUT2D eigenvalue weighted by Gasteiger charge is -2.09. The summed E-state index contributed by atoms with van der Waals surface area (Å²) in [6.07, 6.45) is 0. The van der Waals surface area contributed by atoms with E-state index >= 15 is 0 Å². The Hall–Kier alpha value is 0.320. The van der Waals surface area contributed by atoms with Gasteiger partial charge in [0.15, 0.2) is 0 Å².